The number of aliphatic imine (C=N–C) groups is 1. The normalized spacial score (nSPS) is 18.9. The van der Waals surface area contributed by atoms with Gasteiger partial charge >= 0.3 is 0 Å². The fraction of sp³-hybridized carbons (Fsp3) is 0.933. The van der Waals surface area contributed by atoms with Crippen LogP contribution in [0.25, 0.3) is 0 Å². The molecule has 0 amide bonds. The Morgan fingerprint density at radius 2 is 1.95 bits per heavy atom. The molecule has 0 atom stereocenters. The SMILES string of the molecule is CCCCCNC(=NCC1(OC)CCOCC1)NCC. The molecule has 5 nitrogen and oxygen atoms in total. The van der Waals surface area contributed by atoms with Crippen molar-refractivity contribution in [1.29, 1.82) is 0 Å². The maximum absolute atomic E-state index is 5.71. The number of hydrogen-bond acceptors (Lipinski definition) is 3. The molecule has 0 aromatic heterocycles. The molecule has 2 N–H and O–H groups in total. The minimum Gasteiger partial charge on any atom is -0.381 e. The van der Waals surface area contributed by atoms with Crippen molar-refractivity contribution < 1.29 is 9.47 Å². The van der Waals surface area contributed by atoms with E-state index < -0.39 is 0 Å². The van der Waals surface area contributed by atoms with Crippen molar-refractivity contribution in [2.75, 3.05) is 40.0 Å². The van der Waals surface area contributed by atoms with Crippen LogP contribution in [-0.2, 0) is 9.47 Å². The Labute approximate surface area is 123 Å². The first-order valence-corrected chi connectivity index (χ1v) is 7.91. The smallest absolute Gasteiger partial charge is 0.191 e. The van der Waals surface area contributed by atoms with Crippen molar-refractivity contribution in [1.82, 2.24) is 10.6 Å². The summed E-state index contributed by atoms with van der Waals surface area (Å²) >= 11 is 0. The van der Waals surface area contributed by atoms with Gasteiger partial charge in [-0.15, -0.1) is 0 Å². The standard InChI is InChI=1S/C15H31N3O2/c1-4-6-7-10-17-14(16-5-2)18-13-15(19-3)8-11-20-12-9-15/h4-13H2,1-3H3,(H2,16,17,18). The van der Waals surface area contributed by atoms with E-state index in [9.17, 15) is 0 Å². The van der Waals surface area contributed by atoms with Gasteiger partial charge in [-0.25, -0.2) is 0 Å². The lowest BCUT2D eigenvalue weighted by Gasteiger charge is -2.34. The summed E-state index contributed by atoms with van der Waals surface area (Å²) in [6, 6.07) is 0. The highest BCUT2D eigenvalue weighted by molar-refractivity contribution is 5.79. The van der Waals surface area contributed by atoms with Gasteiger partial charge < -0.3 is 20.1 Å². The number of unbranched alkanes of at least 4 members (excludes halogenated alkanes) is 2. The van der Waals surface area contributed by atoms with Crippen molar-refractivity contribution in [2.45, 2.75) is 51.6 Å². The Morgan fingerprint density at radius 1 is 1.20 bits per heavy atom. The number of nitrogens with zero attached hydrogens (tertiary/aromatic N) is 1. The highest BCUT2D eigenvalue weighted by Gasteiger charge is 2.32. The Hall–Kier alpha value is -0.810. The van der Waals surface area contributed by atoms with Crippen LogP contribution in [0.2, 0.25) is 0 Å². The summed E-state index contributed by atoms with van der Waals surface area (Å²) in [5.74, 6) is 0.895. The van der Waals surface area contributed by atoms with Gasteiger partial charge in [0, 0.05) is 46.3 Å². The fourth-order valence-corrected chi connectivity index (χ4v) is 2.32. The van der Waals surface area contributed by atoms with E-state index in [0.29, 0.717) is 6.54 Å². The van der Waals surface area contributed by atoms with Crippen molar-refractivity contribution in [3.05, 3.63) is 0 Å². The zero-order valence-corrected chi connectivity index (χ0v) is 13.3. The van der Waals surface area contributed by atoms with E-state index in [2.05, 4.69) is 24.5 Å². The average Bonchev–Trinajstić information content (AvgIpc) is 2.50. The van der Waals surface area contributed by atoms with Gasteiger partial charge in [0.2, 0.25) is 0 Å². The van der Waals surface area contributed by atoms with Crippen LogP contribution < -0.4 is 10.6 Å². The minimum absolute atomic E-state index is 0.149. The summed E-state index contributed by atoms with van der Waals surface area (Å²) in [5.41, 5.74) is -0.149. The molecule has 0 radical (unpaired) electrons. The summed E-state index contributed by atoms with van der Waals surface area (Å²) in [6.45, 7) is 8.38. The molecule has 0 bridgehead atoms. The van der Waals surface area contributed by atoms with Gasteiger partial charge in [-0.2, -0.15) is 0 Å². The Kier molecular flexibility index (Phi) is 8.62. The molecule has 1 rings (SSSR count). The summed E-state index contributed by atoms with van der Waals surface area (Å²) in [5, 5.41) is 6.68. The topological polar surface area (TPSA) is 54.9 Å². The van der Waals surface area contributed by atoms with E-state index in [0.717, 1.165) is 45.1 Å². The number of nitrogens with one attached hydrogen (secondary N) is 2. The summed E-state index contributed by atoms with van der Waals surface area (Å²) in [6.07, 6.45) is 5.52. The van der Waals surface area contributed by atoms with Gasteiger partial charge in [-0.05, 0) is 13.3 Å². The summed E-state index contributed by atoms with van der Waals surface area (Å²) in [4.78, 5) is 4.69. The molecule has 1 fully saturated rings. The molecule has 1 aliphatic heterocycles. The van der Waals surface area contributed by atoms with Crippen molar-refractivity contribution in [2.24, 2.45) is 4.99 Å². The highest BCUT2D eigenvalue weighted by atomic mass is 16.5. The number of methoxy groups -OCH3 is 1. The monoisotopic (exact) mass is 285 g/mol. The molecule has 1 heterocycles. The molecule has 1 aliphatic rings. The highest BCUT2D eigenvalue weighted by Crippen LogP contribution is 2.24. The predicted octanol–water partition coefficient (Wildman–Crippen LogP) is 1.93. The maximum Gasteiger partial charge on any atom is 0.191 e. The lowest BCUT2D eigenvalue weighted by molar-refractivity contribution is -0.0828. The molecule has 0 aromatic carbocycles. The van der Waals surface area contributed by atoms with Gasteiger partial charge in [0.25, 0.3) is 0 Å². The number of ether oxygens (including phenoxy) is 2. The predicted molar refractivity (Wildman–Crippen MR) is 83.3 cm³/mol. The van der Waals surface area contributed by atoms with Crippen LogP contribution in [0.4, 0.5) is 0 Å². The minimum atomic E-state index is -0.149. The molecule has 0 aliphatic carbocycles. The van der Waals surface area contributed by atoms with Gasteiger partial charge in [0.05, 0.1) is 12.1 Å². The largest absolute Gasteiger partial charge is 0.381 e. The average molecular weight is 285 g/mol. The van der Waals surface area contributed by atoms with Crippen LogP contribution in [-0.4, -0.2) is 51.5 Å². The zero-order valence-electron chi connectivity index (χ0n) is 13.3. The molecular formula is C15H31N3O2. The van der Waals surface area contributed by atoms with E-state index in [1.165, 1.54) is 19.3 Å². The van der Waals surface area contributed by atoms with Gasteiger partial charge in [-0.1, -0.05) is 19.8 Å². The first kappa shape index (κ1) is 17.2. The second-order valence-electron chi connectivity index (χ2n) is 5.33. The van der Waals surface area contributed by atoms with Crippen molar-refractivity contribution in [3.8, 4) is 0 Å². The molecule has 5 heteroatoms. The van der Waals surface area contributed by atoms with Gasteiger partial charge in [0.1, 0.15) is 0 Å². The van der Waals surface area contributed by atoms with E-state index >= 15 is 0 Å². The second-order valence-corrected chi connectivity index (χ2v) is 5.33. The first-order chi connectivity index (χ1) is 9.76. The third-order valence-corrected chi connectivity index (χ3v) is 3.78. The molecule has 20 heavy (non-hydrogen) atoms. The van der Waals surface area contributed by atoms with Gasteiger partial charge in [0.15, 0.2) is 5.96 Å². The number of hydrogen-bond donors (Lipinski definition) is 2. The van der Waals surface area contributed by atoms with Crippen LogP contribution >= 0.6 is 0 Å². The lowest BCUT2D eigenvalue weighted by atomic mass is 9.94. The lowest BCUT2D eigenvalue weighted by Crippen LogP contribution is -2.44. The van der Waals surface area contributed by atoms with Crippen LogP contribution in [0.1, 0.15) is 46.0 Å². The summed E-state index contributed by atoms with van der Waals surface area (Å²) < 4.78 is 11.1. The van der Waals surface area contributed by atoms with E-state index in [4.69, 9.17) is 14.5 Å². The van der Waals surface area contributed by atoms with Crippen LogP contribution in [0.15, 0.2) is 4.99 Å². The second kappa shape index (κ2) is 10.00. The van der Waals surface area contributed by atoms with E-state index in [-0.39, 0.29) is 5.60 Å². The molecule has 0 spiro atoms. The van der Waals surface area contributed by atoms with Crippen LogP contribution in [0.3, 0.4) is 0 Å². The van der Waals surface area contributed by atoms with Crippen molar-refractivity contribution >= 4 is 5.96 Å². The Morgan fingerprint density at radius 3 is 2.55 bits per heavy atom. The Balaban J connectivity index is 2.46. The van der Waals surface area contributed by atoms with Gasteiger partial charge in [-0.3, -0.25) is 4.99 Å². The van der Waals surface area contributed by atoms with E-state index in [1.54, 1.807) is 7.11 Å². The molecule has 0 saturated carbocycles. The molecule has 118 valence electrons. The molecule has 0 unspecified atom stereocenters. The quantitative estimate of drug-likeness (QED) is 0.406. The Bertz CT molecular complexity index is 276. The zero-order chi connectivity index (χ0) is 14.7. The first-order valence-electron chi connectivity index (χ1n) is 7.91. The summed E-state index contributed by atoms with van der Waals surface area (Å²) in [7, 11) is 1.78. The third kappa shape index (κ3) is 6.09. The van der Waals surface area contributed by atoms with E-state index in [1.807, 2.05) is 0 Å². The number of guanidine groups is 1. The van der Waals surface area contributed by atoms with Crippen LogP contribution in [0, 0.1) is 0 Å². The molecule has 0 aromatic rings. The molecule has 1 saturated heterocycles. The van der Waals surface area contributed by atoms with Crippen molar-refractivity contribution in [3.63, 3.8) is 0 Å². The van der Waals surface area contributed by atoms with Crippen LogP contribution in [0.5, 0.6) is 0 Å². The third-order valence-electron chi connectivity index (χ3n) is 3.78. The number of rotatable bonds is 8. The maximum atomic E-state index is 5.71. The fourth-order valence-electron chi connectivity index (χ4n) is 2.32. The molecular weight excluding hydrogens is 254 g/mol.